The molecule has 0 spiro atoms. The van der Waals surface area contributed by atoms with Crippen molar-refractivity contribution in [3.05, 3.63) is 0 Å². The second kappa shape index (κ2) is 2.56. The van der Waals surface area contributed by atoms with Crippen LogP contribution in [0.3, 0.4) is 0 Å². The topological polar surface area (TPSA) is 35.5 Å². The van der Waals surface area contributed by atoms with E-state index in [1.807, 2.05) is 0 Å². The maximum atomic E-state index is 10.3. The maximum absolute atomic E-state index is 10.3. The fourth-order valence-electron chi connectivity index (χ4n) is 0.0680. The Kier molecular flexibility index (Phi) is 2.67. The summed E-state index contributed by atoms with van der Waals surface area (Å²) in [5.74, 6) is 0. The minimum absolute atomic E-state index is 1.23. The predicted molar refractivity (Wildman–Crippen MR) is 29.5 cm³/mol. The van der Waals surface area contributed by atoms with E-state index in [-0.39, 0.29) is 0 Å². The first-order valence-electron chi connectivity index (χ1n) is 1.48. The molecule has 0 fully saturated rings. The molecular formula is C2H6O3S2. The molecule has 0 bridgehead atoms. The molecule has 0 aromatic carbocycles. The second-order valence-electron chi connectivity index (χ2n) is 0.742. The van der Waals surface area contributed by atoms with Gasteiger partial charge in [0.25, 0.3) is 9.05 Å². The molecule has 0 unspecified atom stereocenters. The van der Waals surface area contributed by atoms with Crippen LogP contribution in [-0.2, 0) is 28.6 Å². The molecule has 0 aliphatic rings. The first kappa shape index (κ1) is 7.29. The van der Waals surface area contributed by atoms with Crippen molar-refractivity contribution >= 4 is 20.2 Å². The highest BCUT2D eigenvalue weighted by Gasteiger charge is 1.95. The van der Waals surface area contributed by atoms with Gasteiger partial charge in [-0.25, -0.2) is 0 Å². The third kappa shape index (κ3) is 2.93. The third-order valence-corrected chi connectivity index (χ3v) is 2.04. The molecule has 0 N–H and O–H groups in total. The van der Waals surface area contributed by atoms with Crippen molar-refractivity contribution < 1.29 is 12.6 Å². The monoisotopic (exact) mass is 142 g/mol. The van der Waals surface area contributed by atoms with Crippen LogP contribution in [0, 0.1) is 0 Å². The van der Waals surface area contributed by atoms with Crippen molar-refractivity contribution in [1.82, 2.24) is 0 Å². The molecule has 3 nitrogen and oxygen atoms in total. The van der Waals surface area contributed by atoms with Gasteiger partial charge in [-0.3, -0.25) is 8.37 Å². The average molecular weight is 142 g/mol. The molecule has 0 aromatic rings. The Hall–Kier alpha value is 0.290. The van der Waals surface area contributed by atoms with Gasteiger partial charge in [-0.15, -0.1) is 0 Å². The summed E-state index contributed by atoms with van der Waals surface area (Å²) in [7, 11) is -0.354. The number of hydrogen-bond acceptors (Lipinski definition) is 4. The van der Waals surface area contributed by atoms with Gasteiger partial charge in [-0.1, -0.05) is 0 Å². The van der Waals surface area contributed by atoms with Gasteiger partial charge in [0.2, 0.25) is 0 Å². The fraction of sp³-hybridized carbons (Fsp3) is 1.00. The maximum Gasteiger partial charge on any atom is 0.268 e. The fourth-order valence-corrected chi connectivity index (χ4v) is 0.204. The van der Waals surface area contributed by atoms with Crippen LogP contribution in [-0.4, -0.2) is 18.4 Å². The smallest absolute Gasteiger partial charge is 0.268 e. The molecule has 0 saturated carbocycles. The van der Waals surface area contributed by atoms with E-state index in [1.165, 1.54) is 14.2 Å². The molecule has 44 valence electrons. The molecule has 0 rings (SSSR count). The summed E-state index contributed by atoms with van der Waals surface area (Å²) in [5, 5.41) is 0. The van der Waals surface area contributed by atoms with E-state index in [0.717, 1.165) is 0 Å². The predicted octanol–water partition coefficient (Wildman–Crippen LogP) is -0.144. The van der Waals surface area contributed by atoms with Crippen molar-refractivity contribution in [3.63, 3.8) is 0 Å². The quantitative estimate of drug-likeness (QED) is 0.537. The third-order valence-electron chi connectivity index (χ3n) is 0.408. The molecule has 0 atom stereocenters. The lowest BCUT2D eigenvalue weighted by Crippen LogP contribution is -2.00. The van der Waals surface area contributed by atoms with Gasteiger partial charge in [0, 0.05) is 11.2 Å². The van der Waals surface area contributed by atoms with Crippen molar-refractivity contribution in [1.29, 1.82) is 0 Å². The summed E-state index contributed by atoms with van der Waals surface area (Å²) in [4.78, 5) is 0. The SMILES string of the molecule is COS(=O)(=S)OC. The molecule has 0 amide bonds. The van der Waals surface area contributed by atoms with Crippen LogP contribution in [0.5, 0.6) is 0 Å². The van der Waals surface area contributed by atoms with Crippen molar-refractivity contribution in [2.75, 3.05) is 14.2 Å². The zero-order valence-electron chi connectivity index (χ0n) is 4.04. The van der Waals surface area contributed by atoms with Gasteiger partial charge in [0.05, 0.1) is 14.2 Å². The average Bonchev–Trinajstić information content (AvgIpc) is 1.68. The summed E-state index contributed by atoms with van der Waals surface area (Å²) >= 11 is 4.23. The van der Waals surface area contributed by atoms with Crippen molar-refractivity contribution in [2.24, 2.45) is 0 Å². The Bertz CT molecular complexity index is 114. The summed E-state index contributed by atoms with van der Waals surface area (Å²) in [6.45, 7) is 0. The van der Waals surface area contributed by atoms with Crippen molar-refractivity contribution in [3.8, 4) is 0 Å². The normalized spacial score (nSPS) is 11.7. The first-order valence-corrected chi connectivity index (χ1v) is 3.82. The summed E-state index contributed by atoms with van der Waals surface area (Å²) in [5.41, 5.74) is 0. The van der Waals surface area contributed by atoms with E-state index in [1.54, 1.807) is 0 Å². The molecule has 0 aromatic heterocycles. The molecular weight excluding hydrogens is 136 g/mol. The van der Waals surface area contributed by atoms with E-state index in [0.29, 0.717) is 0 Å². The summed E-state index contributed by atoms with van der Waals surface area (Å²) < 4.78 is 18.7. The number of hydrogen-bond donors (Lipinski definition) is 0. The minimum atomic E-state index is -2.82. The lowest BCUT2D eigenvalue weighted by molar-refractivity contribution is 0.331. The van der Waals surface area contributed by atoms with E-state index in [9.17, 15) is 4.21 Å². The molecule has 0 aliphatic heterocycles. The highest BCUT2D eigenvalue weighted by atomic mass is 32.9. The van der Waals surface area contributed by atoms with Crippen LogP contribution in [0.1, 0.15) is 0 Å². The molecule has 7 heavy (non-hydrogen) atoms. The molecule has 0 aliphatic carbocycles. The Morgan fingerprint density at radius 1 is 1.43 bits per heavy atom. The van der Waals surface area contributed by atoms with E-state index in [2.05, 4.69) is 19.6 Å². The molecule has 0 heterocycles. The molecule has 0 radical (unpaired) electrons. The lowest BCUT2D eigenvalue weighted by atomic mass is 11.8. The molecule has 5 heteroatoms. The lowest BCUT2D eigenvalue weighted by Gasteiger charge is -1.95. The van der Waals surface area contributed by atoms with Gasteiger partial charge < -0.3 is 0 Å². The second-order valence-corrected chi connectivity index (χ2v) is 3.45. The van der Waals surface area contributed by atoms with E-state index < -0.39 is 9.05 Å². The summed E-state index contributed by atoms with van der Waals surface area (Å²) in [6.07, 6.45) is 0. The molecule has 0 saturated heterocycles. The van der Waals surface area contributed by atoms with Crippen LogP contribution in [0.15, 0.2) is 0 Å². The van der Waals surface area contributed by atoms with Gasteiger partial charge in [-0.05, 0) is 0 Å². The Labute approximate surface area is 47.7 Å². The Balaban J connectivity index is 3.89. The van der Waals surface area contributed by atoms with Crippen LogP contribution >= 0.6 is 0 Å². The zero-order valence-corrected chi connectivity index (χ0v) is 5.67. The largest absolute Gasteiger partial charge is 0.273 e. The van der Waals surface area contributed by atoms with Crippen LogP contribution in [0.2, 0.25) is 0 Å². The summed E-state index contributed by atoms with van der Waals surface area (Å²) in [6, 6.07) is 0. The van der Waals surface area contributed by atoms with Gasteiger partial charge in [0.15, 0.2) is 0 Å². The van der Waals surface area contributed by atoms with E-state index in [4.69, 9.17) is 0 Å². The first-order chi connectivity index (χ1) is 3.12. The van der Waals surface area contributed by atoms with Crippen molar-refractivity contribution in [2.45, 2.75) is 0 Å². The van der Waals surface area contributed by atoms with Crippen LogP contribution in [0.25, 0.3) is 0 Å². The standard InChI is InChI=1S/C2H6O3S2/c1-4-7(3,6)5-2/h1-2H3. The van der Waals surface area contributed by atoms with Gasteiger partial charge in [-0.2, -0.15) is 4.21 Å². The van der Waals surface area contributed by atoms with Crippen LogP contribution < -0.4 is 0 Å². The van der Waals surface area contributed by atoms with Crippen LogP contribution in [0.4, 0.5) is 0 Å². The Morgan fingerprint density at radius 3 is 1.71 bits per heavy atom. The van der Waals surface area contributed by atoms with Gasteiger partial charge >= 0.3 is 0 Å². The highest BCUT2D eigenvalue weighted by molar-refractivity contribution is 8.27. The minimum Gasteiger partial charge on any atom is -0.273 e. The zero-order chi connectivity index (χ0) is 5.91. The van der Waals surface area contributed by atoms with Gasteiger partial charge in [0.1, 0.15) is 0 Å². The van der Waals surface area contributed by atoms with E-state index >= 15 is 0 Å². The Morgan fingerprint density at radius 2 is 1.71 bits per heavy atom. The number of rotatable bonds is 2. The highest BCUT2D eigenvalue weighted by Crippen LogP contribution is 1.87.